The van der Waals surface area contributed by atoms with Crippen molar-refractivity contribution in [3.63, 3.8) is 0 Å². The maximum atomic E-state index is 11.8. The number of pyridine rings is 1. The molecule has 3 N–H and O–H groups in total. The van der Waals surface area contributed by atoms with Crippen molar-refractivity contribution in [1.29, 1.82) is 0 Å². The zero-order valence-electron chi connectivity index (χ0n) is 26.3. The van der Waals surface area contributed by atoms with Crippen molar-refractivity contribution >= 4 is 22.5 Å². The van der Waals surface area contributed by atoms with E-state index in [-0.39, 0.29) is 11.8 Å². The van der Waals surface area contributed by atoms with Crippen LogP contribution in [0.3, 0.4) is 0 Å². The third-order valence-corrected chi connectivity index (χ3v) is 9.30. The van der Waals surface area contributed by atoms with Crippen molar-refractivity contribution < 1.29 is 23.9 Å². The normalized spacial score (nSPS) is 18.6. The van der Waals surface area contributed by atoms with Gasteiger partial charge in [0.05, 0.1) is 19.2 Å². The van der Waals surface area contributed by atoms with Gasteiger partial charge >= 0.3 is 0 Å². The number of amides is 1. The molecule has 4 aromatic rings. The summed E-state index contributed by atoms with van der Waals surface area (Å²) in [6, 6.07) is 18.7. The van der Waals surface area contributed by atoms with Gasteiger partial charge in [-0.25, -0.2) is 10.5 Å². The van der Waals surface area contributed by atoms with Gasteiger partial charge in [-0.05, 0) is 106 Å². The van der Waals surface area contributed by atoms with Crippen LogP contribution in [0.4, 0.5) is 5.69 Å². The Balaban J connectivity index is 1.18. The van der Waals surface area contributed by atoms with Crippen LogP contribution in [0.25, 0.3) is 22.4 Å². The first-order valence-corrected chi connectivity index (χ1v) is 16.2. The molecule has 0 spiro atoms. The molecular weight excluding hydrogens is 568 g/mol. The fraction of sp³-hybridized carbons (Fsp3) is 0.444. The number of hydroxylamine groups is 1. The number of carbonyl (C=O) groups is 1. The van der Waals surface area contributed by atoms with Crippen LogP contribution in [-0.2, 0) is 11.3 Å². The largest absolute Gasteiger partial charge is 0.493 e. The summed E-state index contributed by atoms with van der Waals surface area (Å²) in [7, 11) is 1.67. The van der Waals surface area contributed by atoms with Gasteiger partial charge in [-0.15, -0.1) is 0 Å². The molecule has 1 amide bonds. The lowest BCUT2D eigenvalue weighted by Gasteiger charge is -2.27. The van der Waals surface area contributed by atoms with Crippen LogP contribution >= 0.6 is 0 Å². The van der Waals surface area contributed by atoms with Crippen molar-refractivity contribution in [3.05, 3.63) is 71.5 Å². The number of hydrogen-bond acceptors (Lipinski definition) is 8. The Labute approximate surface area is 264 Å². The van der Waals surface area contributed by atoms with E-state index in [1.54, 1.807) is 7.11 Å². The van der Waals surface area contributed by atoms with Crippen LogP contribution in [0.2, 0.25) is 0 Å². The van der Waals surface area contributed by atoms with E-state index in [1.165, 1.54) is 31.5 Å². The summed E-state index contributed by atoms with van der Waals surface area (Å²) in [5.74, 6) is 3.01. The number of aromatic nitrogens is 1. The minimum absolute atomic E-state index is 0.0964. The molecule has 1 saturated heterocycles. The molecule has 6 rings (SSSR count). The Morgan fingerprint density at radius 1 is 1.02 bits per heavy atom. The number of carbonyl (C=O) groups excluding carboxylic acids is 1. The highest BCUT2D eigenvalue weighted by molar-refractivity contribution is 5.95. The first kappa shape index (κ1) is 30.9. The van der Waals surface area contributed by atoms with Crippen LogP contribution in [0, 0.1) is 12.8 Å². The summed E-state index contributed by atoms with van der Waals surface area (Å²) in [5, 5.41) is 13.5. The number of hydrogen-bond donors (Lipinski definition) is 3. The first-order chi connectivity index (χ1) is 22.0. The lowest BCUT2D eigenvalue weighted by Crippen LogP contribution is -2.30. The van der Waals surface area contributed by atoms with E-state index < -0.39 is 0 Å². The molecule has 0 bridgehead atoms. The van der Waals surface area contributed by atoms with E-state index in [0.717, 1.165) is 78.0 Å². The highest BCUT2D eigenvalue weighted by Gasteiger charge is 2.27. The minimum atomic E-state index is -0.266. The van der Waals surface area contributed by atoms with Crippen LogP contribution in [0.1, 0.15) is 67.8 Å². The lowest BCUT2D eigenvalue weighted by atomic mass is 9.78. The molecule has 2 aliphatic rings. The third-order valence-electron chi connectivity index (χ3n) is 9.30. The maximum Gasteiger partial charge on any atom is 0.246 e. The molecule has 0 unspecified atom stereocenters. The summed E-state index contributed by atoms with van der Waals surface area (Å²) < 4.78 is 18.0. The SMILES string of the molecule is COc1cc2c(NCc3ccc([C@H]4CC[C@@H](C(=O)NO)CC4)cc3)cc(-c3ccc(C)o3)nc2cc1OCCCN1CCCC1. The fourth-order valence-corrected chi connectivity index (χ4v) is 6.71. The Bertz CT molecular complexity index is 1590. The summed E-state index contributed by atoms with van der Waals surface area (Å²) in [6.45, 7) is 6.62. The van der Waals surface area contributed by atoms with Gasteiger partial charge in [-0.3, -0.25) is 10.0 Å². The molecule has 9 nitrogen and oxygen atoms in total. The van der Waals surface area contributed by atoms with Crippen LogP contribution in [-0.4, -0.2) is 54.3 Å². The van der Waals surface area contributed by atoms with Crippen molar-refractivity contribution in [1.82, 2.24) is 15.4 Å². The van der Waals surface area contributed by atoms with Crippen molar-refractivity contribution in [2.75, 3.05) is 38.7 Å². The fourth-order valence-electron chi connectivity index (χ4n) is 6.71. The molecular formula is C36H44N4O5. The number of nitrogens with zero attached hydrogens (tertiary/aromatic N) is 2. The second kappa shape index (κ2) is 14.3. The minimum Gasteiger partial charge on any atom is -0.493 e. The Morgan fingerprint density at radius 2 is 1.80 bits per heavy atom. The van der Waals surface area contributed by atoms with Crippen LogP contribution in [0.5, 0.6) is 11.5 Å². The number of rotatable bonds is 12. The molecule has 9 heteroatoms. The van der Waals surface area contributed by atoms with Gasteiger partial charge in [0.1, 0.15) is 11.5 Å². The number of aryl methyl sites for hydroxylation is 1. The van der Waals surface area contributed by atoms with Gasteiger partial charge in [-0.2, -0.15) is 0 Å². The first-order valence-electron chi connectivity index (χ1n) is 16.2. The Hall–Kier alpha value is -4.08. The van der Waals surface area contributed by atoms with Crippen LogP contribution in [0.15, 0.2) is 59.0 Å². The highest BCUT2D eigenvalue weighted by Crippen LogP contribution is 2.38. The number of ether oxygens (including phenoxy) is 2. The van der Waals surface area contributed by atoms with E-state index in [1.807, 2.05) is 42.7 Å². The molecule has 2 fully saturated rings. The molecule has 0 radical (unpaired) electrons. The summed E-state index contributed by atoms with van der Waals surface area (Å²) in [5.41, 5.74) is 6.76. The summed E-state index contributed by atoms with van der Waals surface area (Å²) >= 11 is 0. The number of methoxy groups -OCH3 is 1. The summed E-state index contributed by atoms with van der Waals surface area (Å²) in [6.07, 6.45) is 7.03. The summed E-state index contributed by atoms with van der Waals surface area (Å²) in [4.78, 5) is 19.3. The molecule has 1 aliphatic heterocycles. The van der Waals surface area contributed by atoms with E-state index in [9.17, 15) is 4.79 Å². The van der Waals surface area contributed by atoms with E-state index >= 15 is 0 Å². The topological polar surface area (TPSA) is 109 Å². The van der Waals surface area contributed by atoms with E-state index in [2.05, 4.69) is 34.5 Å². The molecule has 1 saturated carbocycles. The number of nitrogens with one attached hydrogen (secondary N) is 2. The number of likely N-dealkylation sites (tertiary alicyclic amines) is 1. The zero-order valence-corrected chi connectivity index (χ0v) is 26.3. The maximum absolute atomic E-state index is 11.8. The monoisotopic (exact) mass is 612 g/mol. The van der Waals surface area contributed by atoms with Gasteiger partial charge in [0.15, 0.2) is 17.3 Å². The molecule has 0 atom stereocenters. The average molecular weight is 613 g/mol. The highest BCUT2D eigenvalue weighted by atomic mass is 16.5. The van der Waals surface area contributed by atoms with Gasteiger partial charge < -0.3 is 24.1 Å². The smallest absolute Gasteiger partial charge is 0.246 e. The Morgan fingerprint density at radius 3 is 2.49 bits per heavy atom. The van der Waals surface area contributed by atoms with E-state index in [4.69, 9.17) is 24.1 Å². The van der Waals surface area contributed by atoms with Gasteiger partial charge in [0, 0.05) is 36.1 Å². The number of anilines is 1. The Kier molecular flexibility index (Phi) is 9.86. The van der Waals surface area contributed by atoms with Gasteiger partial charge in [-0.1, -0.05) is 24.3 Å². The quantitative estimate of drug-likeness (QED) is 0.0886. The standard InChI is InChI=1S/C36H44N4O5/c1-24-6-15-33(45-24)32-21-30(37-23-25-7-9-26(10-8-25)27-11-13-28(14-12-27)36(41)39-42)29-20-34(43-2)35(22-31(29)38-32)44-19-5-18-40-16-3-4-17-40/h6-10,15,20-22,27-28,42H,3-5,11-14,16-19,23H2,1-2H3,(H,37,38)(H,39,41)/t27-,28+. The third kappa shape index (κ3) is 7.43. The van der Waals surface area contributed by atoms with Crippen molar-refractivity contribution in [2.24, 2.45) is 5.92 Å². The van der Waals surface area contributed by atoms with Gasteiger partial charge in [0.25, 0.3) is 0 Å². The predicted octanol–water partition coefficient (Wildman–Crippen LogP) is 7.07. The van der Waals surface area contributed by atoms with Crippen molar-refractivity contribution in [3.8, 4) is 23.0 Å². The molecule has 238 valence electrons. The van der Waals surface area contributed by atoms with Crippen LogP contribution < -0.4 is 20.3 Å². The number of fused-ring (bicyclic) bond motifs is 1. The second-order valence-corrected chi connectivity index (χ2v) is 12.4. The number of furan rings is 1. The van der Waals surface area contributed by atoms with Gasteiger partial charge in [0.2, 0.25) is 5.91 Å². The molecule has 2 aromatic carbocycles. The van der Waals surface area contributed by atoms with E-state index in [0.29, 0.717) is 30.6 Å². The predicted molar refractivity (Wildman–Crippen MR) is 175 cm³/mol. The lowest BCUT2D eigenvalue weighted by molar-refractivity contribution is -0.134. The van der Waals surface area contributed by atoms with Crippen molar-refractivity contribution in [2.45, 2.75) is 64.3 Å². The molecule has 1 aliphatic carbocycles. The molecule has 2 aromatic heterocycles. The second-order valence-electron chi connectivity index (χ2n) is 12.4. The number of benzene rings is 2. The average Bonchev–Trinajstić information content (AvgIpc) is 3.77. The molecule has 3 heterocycles. The zero-order chi connectivity index (χ0) is 31.2. The molecule has 45 heavy (non-hydrogen) atoms.